The van der Waals surface area contributed by atoms with Crippen LogP contribution >= 0.6 is 11.6 Å². The summed E-state index contributed by atoms with van der Waals surface area (Å²) in [5.74, 6) is -0.460. The van der Waals surface area contributed by atoms with Crippen molar-refractivity contribution in [2.75, 3.05) is 13.7 Å². The summed E-state index contributed by atoms with van der Waals surface area (Å²) >= 11 is 6.04. The molecule has 0 atom stereocenters. The summed E-state index contributed by atoms with van der Waals surface area (Å²) in [6, 6.07) is 7.52. The Morgan fingerprint density at radius 3 is 2.95 bits per heavy atom. The van der Waals surface area contributed by atoms with E-state index >= 15 is 0 Å². The van der Waals surface area contributed by atoms with Gasteiger partial charge < -0.3 is 9.47 Å². The number of ether oxygens (including phenoxy) is 2. The highest BCUT2D eigenvalue weighted by Crippen LogP contribution is 2.36. The number of fused-ring (bicyclic) bond motifs is 1. The molecule has 0 aliphatic carbocycles. The van der Waals surface area contributed by atoms with Crippen LogP contribution in [0.2, 0.25) is 5.02 Å². The van der Waals surface area contributed by atoms with E-state index in [4.69, 9.17) is 21.1 Å². The summed E-state index contributed by atoms with van der Waals surface area (Å²) in [5, 5.41) is 0.429. The number of benzene rings is 2. The molecular formula is C16H12ClFO3. The van der Waals surface area contributed by atoms with Crippen LogP contribution < -0.4 is 9.47 Å². The van der Waals surface area contributed by atoms with Crippen LogP contribution in [-0.4, -0.2) is 19.5 Å². The SMILES string of the molecule is COc1cccc(F)c1C(=O)c1cc(Cl)cc2c1OCC2. The Labute approximate surface area is 126 Å². The number of hydrogen-bond acceptors (Lipinski definition) is 3. The molecule has 0 bridgehead atoms. The van der Waals surface area contributed by atoms with E-state index in [1.807, 2.05) is 0 Å². The molecular weight excluding hydrogens is 295 g/mol. The van der Waals surface area contributed by atoms with Crippen molar-refractivity contribution in [1.82, 2.24) is 0 Å². The highest BCUT2D eigenvalue weighted by atomic mass is 35.5. The molecule has 1 aliphatic heterocycles. The summed E-state index contributed by atoms with van der Waals surface area (Å²) in [4.78, 5) is 12.7. The number of rotatable bonds is 3. The van der Waals surface area contributed by atoms with Gasteiger partial charge in [-0.2, -0.15) is 0 Å². The van der Waals surface area contributed by atoms with E-state index in [-0.39, 0.29) is 16.9 Å². The minimum atomic E-state index is -0.633. The van der Waals surface area contributed by atoms with Gasteiger partial charge in [0.1, 0.15) is 22.9 Å². The Bertz CT molecular complexity index is 728. The van der Waals surface area contributed by atoms with E-state index in [9.17, 15) is 9.18 Å². The molecule has 0 unspecified atom stereocenters. The molecule has 2 aromatic carbocycles. The molecule has 5 heteroatoms. The highest BCUT2D eigenvalue weighted by molar-refractivity contribution is 6.31. The van der Waals surface area contributed by atoms with Crippen molar-refractivity contribution < 1.29 is 18.7 Å². The maximum absolute atomic E-state index is 14.1. The number of carbonyl (C=O) groups is 1. The minimum Gasteiger partial charge on any atom is -0.496 e. The minimum absolute atomic E-state index is 0.111. The summed E-state index contributed by atoms with van der Waals surface area (Å²) in [6.07, 6.45) is 0.685. The van der Waals surface area contributed by atoms with Crippen molar-refractivity contribution in [1.29, 1.82) is 0 Å². The zero-order valence-corrected chi connectivity index (χ0v) is 12.0. The fourth-order valence-electron chi connectivity index (χ4n) is 2.47. The molecule has 0 saturated heterocycles. The predicted molar refractivity (Wildman–Crippen MR) is 77.0 cm³/mol. The van der Waals surface area contributed by atoms with Gasteiger partial charge in [0.15, 0.2) is 0 Å². The van der Waals surface area contributed by atoms with Crippen LogP contribution in [0.5, 0.6) is 11.5 Å². The van der Waals surface area contributed by atoms with Crippen molar-refractivity contribution in [3.8, 4) is 11.5 Å². The van der Waals surface area contributed by atoms with Gasteiger partial charge in [0.05, 0.1) is 19.3 Å². The van der Waals surface area contributed by atoms with Gasteiger partial charge in [-0.15, -0.1) is 0 Å². The van der Waals surface area contributed by atoms with E-state index in [2.05, 4.69) is 0 Å². The van der Waals surface area contributed by atoms with Crippen molar-refractivity contribution in [3.63, 3.8) is 0 Å². The molecule has 108 valence electrons. The van der Waals surface area contributed by atoms with Gasteiger partial charge in [-0.1, -0.05) is 17.7 Å². The number of carbonyl (C=O) groups excluding carboxylic acids is 1. The second-order valence-corrected chi connectivity index (χ2v) is 5.12. The van der Waals surface area contributed by atoms with Crippen molar-refractivity contribution in [2.24, 2.45) is 0 Å². The summed E-state index contributed by atoms with van der Waals surface area (Å²) in [7, 11) is 1.39. The van der Waals surface area contributed by atoms with Gasteiger partial charge in [0.25, 0.3) is 0 Å². The molecule has 0 amide bonds. The van der Waals surface area contributed by atoms with Crippen molar-refractivity contribution >= 4 is 17.4 Å². The molecule has 3 nitrogen and oxygen atoms in total. The fraction of sp³-hybridized carbons (Fsp3) is 0.188. The Hall–Kier alpha value is -2.07. The standard InChI is InChI=1S/C16H12ClFO3/c1-20-13-4-2-3-12(18)14(13)15(19)11-8-10(17)7-9-5-6-21-16(9)11/h2-4,7-8H,5-6H2,1H3. The topological polar surface area (TPSA) is 35.5 Å². The lowest BCUT2D eigenvalue weighted by molar-refractivity contribution is 0.102. The first-order valence-electron chi connectivity index (χ1n) is 6.44. The lowest BCUT2D eigenvalue weighted by Crippen LogP contribution is -2.08. The third-order valence-electron chi connectivity index (χ3n) is 3.42. The van der Waals surface area contributed by atoms with Gasteiger partial charge in [-0.3, -0.25) is 4.79 Å². The Kier molecular flexibility index (Phi) is 3.55. The smallest absolute Gasteiger partial charge is 0.203 e. The number of methoxy groups -OCH3 is 1. The lowest BCUT2D eigenvalue weighted by atomic mass is 9.98. The normalized spacial score (nSPS) is 12.7. The Balaban J connectivity index is 2.17. The molecule has 1 aliphatic rings. The van der Waals surface area contributed by atoms with Crippen LogP contribution in [0.1, 0.15) is 21.5 Å². The van der Waals surface area contributed by atoms with E-state index in [1.54, 1.807) is 12.1 Å². The average Bonchev–Trinajstić information content (AvgIpc) is 2.93. The maximum Gasteiger partial charge on any atom is 0.203 e. The fourth-order valence-corrected chi connectivity index (χ4v) is 2.71. The number of ketones is 1. The van der Waals surface area contributed by atoms with E-state index in [0.717, 1.165) is 5.56 Å². The molecule has 2 aromatic rings. The molecule has 1 heterocycles. The van der Waals surface area contributed by atoms with E-state index in [1.165, 1.54) is 25.3 Å². The second kappa shape index (κ2) is 5.37. The molecule has 0 spiro atoms. The monoisotopic (exact) mass is 306 g/mol. The first-order valence-corrected chi connectivity index (χ1v) is 6.82. The van der Waals surface area contributed by atoms with Crippen LogP contribution in [-0.2, 0) is 6.42 Å². The summed E-state index contributed by atoms with van der Waals surface area (Å²) < 4.78 is 24.6. The average molecular weight is 307 g/mol. The molecule has 0 aromatic heterocycles. The Morgan fingerprint density at radius 2 is 2.19 bits per heavy atom. The third kappa shape index (κ3) is 2.36. The van der Waals surface area contributed by atoms with Crippen LogP contribution in [0.25, 0.3) is 0 Å². The van der Waals surface area contributed by atoms with Gasteiger partial charge in [0, 0.05) is 11.4 Å². The lowest BCUT2D eigenvalue weighted by Gasteiger charge is -2.11. The van der Waals surface area contributed by atoms with Crippen molar-refractivity contribution in [2.45, 2.75) is 6.42 Å². The first-order chi connectivity index (χ1) is 10.1. The van der Waals surface area contributed by atoms with E-state index < -0.39 is 11.6 Å². The largest absolute Gasteiger partial charge is 0.496 e. The van der Waals surface area contributed by atoms with Gasteiger partial charge in [-0.05, 0) is 29.8 Å². The highest BCUT2D eigenvalue weighted by Gasteiger charge is 2.26. The quantitative estimate of drug-likeness (QED) is 0.812. The molecule has 0 N–H and O–H groups in total. The number of hydrogen-bond donors (Lipinski definition) is 0. The zero-order chi connectivity index (χ0) is 15.0. The van der Waals surface area contributed by atoms with Crippen molar-refractivity contribution in [3.05, 3.63) is 57.9 Å². The van der Waals surface area contributed by atoms with Crippen LogP contribution in [0, 0.1) is 5.82 Å². The summed E-state index contributed by atoms with van der Waals surface area (Å²) in [6.45, 7) is 0.490. The second-order valence-electron chi connectivity index (χ2n) is 4.69. The first kappa shape index (κ1) is 13.9. The zero-order valence-electron chi connectivity index (χ0n) is 11.3. The van der Waals surface area contributed by atoms with Crippen LogP contribution in [0.3, 0.4) is 0 Å². The molecule has 3 rings (SSSR count). The van der Waals surface area contributed by atoms with Crippen LogP contribution in [0.15, 0.2) is 30.3 Å². The number of halogens is 2. The molecule has 0 fully saturated rings. The van der Waals surface area contributed by atoms with Gasteiger partial charge in [0.2, 0.25) is 5.78 Å². The van der Waals surface area contributed by atoms with E-state index in [0.29, 0.717) is 23.8 Å². The predicted octanol–water partition coefficient (Wildman–Crippen LogP) is 3.65. The Morgan fingerprint density at radius 1 is 1.38 bits per heavy atom. The molecule has 0 radical (unpaired) electrons. The van der Waals surface area contributed by atoms with Crippen LogP contribution in [0.4, 0.5) is 4.39 Å². The molecule has 0 saturated carbocycles. The third-order valence-corrected chi connectivity index (χ3v) is 3.63. The molecule has 21 heavy (non-hydrogen) atoms. The maximum atomic E-state index is 14.1. The van der Waals surface area contributed by atoms with Gasteiger partial charge in [-0.25, -0.2) is 4.39 Å². The van der Waals surface area contributed by atoms with Gasteiger partial charge >= 0.3 is 0 Å². The summed E-state index contributed by atoms with van der Waals surface area (Å²) in [5.41, 5.74) is 1.01.